The van der Waals surface area contributed by atoms with Gasteiger partial charge in [-0.1, -0.05) is 6.07 Å². The first-order valence-electron chi connectivity index (χ1n) is 4.83. The van der Waals surface area contributed by atoms with E-state index in [2.05, 4.69) is 5.43 Å². The molecule has 0 saturated heterocycles. The minimum absolute atomic E-state index is 0.0954. The molecule has 4 N–H and O–H groups in total. The number of hydrogen-bond acceptors (Lipinski definition) is 5. The summed E-state index contributed by atoms with van der Waals surface area (Å²) in [6, 6.07) is 5.31. The molecule has 86 valence electrons. The SMILES string of the molecule is NNC1Oc2ccc(CCC(=O)O)cc2O1. The molecule has 6 nitrogen and oxygen atoms in total. The van der Waals surface area contributed by atoms with Gasteiger partial charge in [-0.05, 0) is 24.1 Å². The van der Waals surface area contributed by atoms with Gasteiger partial charge < -0.3 is 14.6 Å². The third-order valence-corrected chi connectivity index (χ3v) is 2.24. The van der Waals surface area contributed by atoms with Gasteiger partial charge in [-0.2, -0.15) is 5.43 Å². The van der Waals surface area contributed by atoms with Crippen molar-refractivity contribution >= 4 is 5.97 Å². The maximum absolute atomic E-state index is 10.4. The number of nitrogens with one attached hydrogen (secondary N) is 1. The molecular weight excluding hydrogens is 212 g/mol. The average Bonchev–Trinajstić information content (AvgIpc) is 2.68. The smallest absolute Gasteiger partial charge is 0.315 e. The lowest BCUT2D eigenvalue weighted by atomic mass is 10.1. The van der Waals surface area contributed by atoms with Crippen LogP contribution in [0.25, 0.3) is 0 Å². The van der Waals surface area contributed by atoms with Crippen LogP contribution in [0.5, 0.6) is 11.5 Å². The number of hydrazine groups is 1. The quantitative estimate of drug-likeness (QED) is 0.500. The minimum atomic E-state index is -0.820. The van der Waals surface area contributed by atoms with Crippen molar-refractivity contribution in [2.24, 2.45) is 5.84 Å². The Kier molecular flexibility index (Phi) is 2.93. The zero-order valence-corrected chi connectivity index (χ0v) is 8.47. The van der Waals surface area contributed by atoms with Gasteiger partial charge in [-0.15, -0.1) is 0 Å². The topological polar surface area (TPSA) is 93.8 Å². The Morgan fingerprint density at radius 2 is 2.19 bits per heavy atom. The van der Waals surface area contributed by atoms with Gasteiger partial charge in [0.25, 0.3) is 0 Å². The Bertz CT molecular complexity index is 408. The van der Waals surface area contributed by atoms with Gasteiger partial charge in [-0.3, -0.25) is 10.6 Å². The standard InChI is InChI=1S/C10H12N2O4/c11-12-10-15-7-3-1-6(2-4-9(13)14)5-8(7)16-10/h1,3,5,10,12H,2,4,11H2,(H,13,14). The Labute approximate surface area is 91.9 Å². The summed E-state index contributed by atoms with van der Waals surface area (Å²) in [6.45, 7) is 0. The van der Waals surface area contributed by atoms with Gasteiger partial charge in [0.05, 0.1) is 0 Å². The molecule has 0 saturated carbocycles. The second kappa shape index (κ2) is 4.38. The molecule has 0 amide bonds. The first-order valence-corrected chi connectivity index (χ1v) is 4.83. The number of aryl methyl sites for hydroxylation is 1. The number of hydrogen-bond donors (Lipinski definition) is 3. The summed E-state index contributed by atoms with van der Waals surface area (Å²) in [6.07, 6.45) is -0.116. The molecular formula is C10H12N2O4. The van der Waals surface area contributed by atoms with E-state index in [0.29, 0.717) is 17.9 Å². The molecule has 1 aliphatic rings. The molecule has 2 rings (SSSR count). The average molecular weight is 224 g/mol. The molecule has 0 aromatic heterocycles. The maximum Gasteiger partial charge on any atom is 0.315 e. The lowest BCUT2D eigenvalue weighted by Gasteiger charge is -2.06. The van der Waals surface area contributed by atoms with Crippen LogP contribution >= 0.6 is 0 Å². The van der Waals surface area contributed by atoms with Gasteiger partial charge in [0.1, 0.15) is 0 Å². The van der Waals surface area contributed by atoms with E-state index in [9.17, 15) is 4.79 Å². The number of aliphatic carboxylic acids is 1. The molecule has 0 aliphatic carbocycles. The van der Waals surface area contributed by atoms with Crippen molar-refractivity contribution < 1.29 is 19.4 Å². The van der Waals surface area contributed by atoms with E-state index < -0.39 is 12.4 Å². The van der Waals surface area contributed by atoms with Crippen LogP contribution in [-0.4, -0.2) is 17.5 Å². The van der Waals surface area contributed by atoms with Crippen molar-refractivity contribution in [2.45, 2.75) is 19.3 Å². The third kappa shape index (κ3) is 2.23. The molecule has 1 aromatic rings. The fourth-order valence-corrected chi connectivity index (χ4v) is 1.47. The van der Waals surface area contributed by atoms with Crippen LogP contribution in [0.4, 0.5) is 0 Å². The highest BCUT2D eigenvalue weighted by molar-refractivity contribution is 5.67. The normalized spacial score (nSPS) is 17.4. The number of rotatable bonds is 4. The summed E-state index contributed by atoms with van der Waals surface area (Å²) in [5, 5.41) is 8.57. The van der Waals surface area contributed by atoms with Crippen molar-refractivity contribution in [3.8, 4) is 11.5 Å². The zero-order chi connectivity index (χ0) is 11.5. The molecule has 0 spiro atoms. The predicted molar refractivity (Wildman–Crippen MR) is 54.8 cm³/mol. The monoisotopic (exact) mass is 224 g/mol. The van der Waals surface area contributed by atoms with Crippen LogP contribution in [0.1, 0.15) is 12.0 Å². The van der Waals surface area contributed by atoms with Crippen LogP contribution in [-0.2, 0) is 11.2 Å². The summed E-state index contributed by atoms with van der Waals surface area (Å²) in [7, 11) is 0. The van der Waals surface area contributed by atoms with Gasteiger partial charge in [0.2, 0.25) is 0 Å². The Hall–Kier alpha value is -1.79. The molecule has 16 heavy (non-hydrogen) atoms. The molecule has 6 heteroatoms. The number of nitrogens with two attached hydrogens (primary N) is 1. The summed E-state index contributed by atoms with van der Waals surface area (Å²) >= 11 is 0. The number of carboxylic acid groups (broad SMARTS) is 1. The van der Waals surface area contributed by atoms with Crippen molar-refractivity contribution in [2.75, 3.05) is 0 Å². The molecule has 1 atom stereocenters. The van der Waals surface area contributed by atoms with E-state index in [1.54, 1.807) is 12.1 Å². The highest BCUT2D eigenvalue weighted by atomic mass is 16.7. The van der Waals surface area contributed by atoms with E-state index in [1.807, 2.05) is 6.07 Å². The molecule has 1 unspecified atom stereocenters. The molecule has 1 aromatic carbocycles. The summed E-state index contributed by atoms with van der Waals surface area (Å²) < 4.78 is 10.6. The molecule has 1 aliphatic heterocycles. The van der Waals surface area contributed by atoms with Gasteiger partial charge in [0.15, 0.2) is 11.5 Å². The van der Waals surface area contributed by atoms with Crippen molar-refractivity contribution in [1.82, 2.24) is 5.43 Å². The fraction of sp³-hybridized carbons (Fsp3) is 0.300. The largest absolute Gasteiger partial charge is 0.481 e. The van der Waals surface area contributed by atoms with Gasteiger partial charge in [-0.25, -0.2) is 0 Å². The molecule has 0 bridgehead atoms. The third-order valence-electron chi connectivity index (χ3n) is 2.24. The van der Waals surface area contributed by atoms with Crippen molar-refractivity contribution in [3.05, 3.63) is 23.8 Å². The lowest BCUT2D eigenvalue weighted by molar-refractivity contribution is -0.136. The summed E-state index contributed by atoms with van der Waals surface area (Å²) in [4.78, 5) is 10.4. The van der Waals surface area contributed by atoms with E-state index >= 15 is 0 Å². The van der Waals surface area contributed by atoms with Crippen LogP contribution in [0, 0.1) is 0 Å². The van der Waals surface area contributed by atoms with Gasteiger partial charge >= 0.3 is 12.4 Å². The first-order chi connectivity index (χ1) is 7.69. The first kappa shape index (κ1) is 10.7. The predicted octanol–water partition coefficient (Wildman–Crippen LogP) is 0.222. The molecule has 1 heterocycles. The number of carboxylic acids is 1. The highest BCUT2D eigenvalue weighted by Crippen LogP contribution is 2.34. The van der Waals surface area contributed by atoms with Crippen molar-refractivity contribution in [1.29, 1.82) is 0 Å². The molecule has 0 radical (unpaired) electrons. The van der Waals surface area contributed by atoms with E-state index in [1.165, 1.54) is 0 Å². The Morgan fingerprint density at radius 1 is 1.44 bits per heavy atom. The second-order valence-corrected chi connectivity index (χ2v) is 3.41. The minimum Gasteiger partial charge on any atom is -0.481 e. The lowest BCUT2D eigenvalue weighted by Crippen LogP contribution is -2.41. The van der Waals surface area contributed by atoms with Crippen LogP contribution in [0.3, 0.4) is 0 Å². The Morgan fingerprint density at radius 3 is 2.88 bits per heavy atom. The molecule has 0 fully saturated rings. The van der Waals surface area contributed by atoms with Gasteiger partial charge in [0, 0.05) is 6.42 Å². The van der Waals surface area contributed by atoms with E-state index in [4.69, 9.17) is 20.4 Å². The Balaban J connectivity index is 2.07. The summed E-state index contributed by atoms with van der Waals surface area (Å²) in [5.74, 6) is 5.53. The summed E-state index contributed by atoms with van der Waals surface area (Å²) in [5.41, 5.74) is 3.23. The van der Waals surface area contributed by atoms with E-state index in [0.717, 1.165) is 5.56 Å². The maximum atomic E-state index is 10.4. The van der Waals surface area contributed by atoms with Crippen LogP contribution < -0.4 is 20.7 Å². The number of fused-ring (bicyclic) bond motifs is 1. The second-order valence-electron chi connectivity index (χ2n) is 3.41. The van der Waals surface area contributed by atoms with E-state index in [-0.39, 0.29) is 6.42 Å². The fourth-order valence-electron chi connectivity index (χ4n) is 1.47. The van der Waals surface area contributed by atoms with Crippen LogP contribution in [0.2, 0.25) is 0 Å². The highest BCUT2D eigenvalue weighted by Gasteiger charge is 2.22. The number of ether oxygens (including phenoxy) is 2. The van der Waals surface area contributed by atoms with Crippen LogP contribution in [0.15, 0.2) is 18.2 Å². The zero-order valence-electron chi connectivity index (χ0n) is 8.47. The number of carbonyl (C=O) groups is 1. The van der Waals surface area contributed by atoms with Crippen molar-refractivity contribution in [3.63, 3.8) is 0 Å². The number of benzene rings is 1.